The Hall–Kier alpha value is -1.89. The number of H-pyrrole nitrogens is 1. The first-order valence-corrected chi connectivity index (χ1v) is 5.47. The van der Waals surface area contributed by atoms with E-state index >= 15 is 0 Å². The highest BCUT2D eigenvalue weighted by Crippen LogP contribution is 2.13. The molecular formula is C9H11N5OS. The summed E-state index contributed by atoms with van der Waals surface area (Å²) < 4.78 is 0. The normalized spacial score (nSPS) is 10.3. The van der Waals surface area contributed by atoms with Crippen molar-refractivity contribution in [2.75, 3.05) is 5.73 Å². The summed E-state index contributed by atoms with van der Waals surface area (Å²) in [6.07, 6.45) is 1.46. The molecule has 0 aromatic carbocycles. The molecule has 0 unspecified atom stereocenters. The monoisotopic (exact) mass is 237 g/mol. The van der Waals surface area contributed by atoms with Crippen molar-refractivity contribution in [3.63, 3.8) is 0 Å². The number of hydrogen-bond acceptors (Lipinski definition) is 5. The number of thiazole rings is 1. The molecule has 84 valence electrons. The summed E-state index contributed by atoms with van der Waals surface area (Å²) in [4.78, 5) is 15.9. The summed E-state index contributed by atoms with van der Waals surface area (Å²) in [5.74, 6) is -0.185. The molecule has 0 saturated carbocycles. The molecule has 2 rings (SSSR count). The molecule has 16 heavy (non-hydrogen) atoms. The number of nitrogens with two attached hydrogens (primary N) is 1. The van der Waals surface area contributed by atoms with Crippen molar-refractivity contribution in [3.8, 4) is 0 Å². The van der Waals surface area contributed by atoms with Gasteiger partial charge in [-0.05, 0) is 13.0 Å². The summed E-state index contributed by atoms with van der Waals surface area (Å²) >= 11 is 1.16. The lowest BCUT2D eigenvalue weighted by Crippen LogP contribution is -2.21. The molecular weight excluding hydrogens is 226 g/mol. The molecule has 0 bridgehead atoms. The second kappa shape index (κ2) is 4.31. The van der Waals surface area contributed by atoms with E-state index in [2.05, 4.69) is 20.5 Å². The molecule has 0 atom stereocenters. The second-order valence-corrected chi connectivity index (χ2v) is 4.35. The molecule has 0 fully saturated rings. The van der Waals surface area contributed by atoms with Crippen LogP contribution in [0.4, 0.5) is 5.13 Å². The van der Waals surface area contributed by atoms with Crippen molar-refractivity contribution < 1.29 is 4.79 Å². The van der Waals surface area contributed by atoms with Gasteiger partial charge in [0.15, 0.2) is 5.13 Å². The lowest BCUT2D eigenvalue weighted by atomic mass is 10.3. The van der Waals surface area contributed by atoms with Crippen LogP contribution in [0.25, 0.3) is 0 Å². The third-order valence-corrected chi connectivity index (χ3v) is 2.76. The van der Waals surface area contributed by atoms with Gasteiger partial charge in [0.25, 0.3) is 5.91 Å². The molecule has 4 N–H and O–H groups in total. The van der Waals surface area contributed by atoms with Crippen LogP contribution in [-0.2, 0) is 6.54 Å². The van der Waals surface area contributed by atoms with Gasteiger partial charge in [0.1, 0.15) is 4.88 Å². The number of aromatic nitrogens is 3. The highest BCUT2D eigenvalue weighted by Gasteiger charge is 2.09. The van der Waals surface area contributed by atoms with Crippen LogP contribution >= 0.6 is 11.3 Å². The fourth-order valence-electron chi connectivity index (χ4n) is 1.22. The molecule has 2 aromatic heterocycles. The number of aromatic amines is 1. The number of anilines is 1. The van der Waals surface area contributed by atoms with Crippen molar-refractivity contribution in [3.05, 3.63) is 28.5 Å². The Balaban J connectivity index is 1.93. The fourth-order valence-corrected chi connectivity index (χ4v) is 1.82. The van der Waals surface area contributed by atoms with Gasteiger partial charge in [-0.25, -0.2) is 4.98 Å². The molecule has 0 aliphatic rings. The summed E-state index contributed by atoms with van der Waals surface area (Å²) in [5.41, 5.74) is 7.20. The Morgan fingerprint density at radius 3 is 3.06 bits per heavy atom. The highest BCUT2D eigenvalue weighted by atomic mass is 32.1. The van der Waals surface area contributed by atoms with Crippen LogP contribution < -0.4 is 11.1 Å². The van der Waals surface area contributed by atoms with Crippen molar-refractivity contribution >= 4 is 22.4 Å². The van der Waals surface area contributed by atoms with Crippen LogP contribution in [0.2, 0.25) is 0 Å². The van der Waals surface area contributed by atoms with Crippen molar-refractivity contribution in [2.45, 2.75) is 13.5 Å². The van der Waals surface area contributed by atoms with E-state index in [0.717, 1.165) is 22.7 Å². The molecule has 7 heteroatoms. The van der Waals surface area contributed by atoms with E-state index in [0.29, 0.717) is 16.6 Å². The lowest BCUT2D eigenvalue weighted by Gasteiger charge is -1.99. The third-order valence-electron chi connectivity index (χ3n) is 1.94. The van der Waals surface area contributed by atoms with Crippen LogP contribution in [0.5, 0.6) is 0 Å². The third kappa shape index (κ3) is 2.37. The average molecular weight is 237 g/mol. The highest BCUT2D eigenvalue weighted by molar-refractivity contribution is 7.17. The van der Waals surface area contributed by atoms with Crippen LogP contribution in [0, 0.1) is 6.92 Å². The van der Waals surface area contributed by atoms with Crippen LogP contribution in [0.15, 0.2) is 12.3 Å². The smallest absolute Gasteiger partial charge is 0.263 e. The van der Waals surface area contributed by atoms with Gasteiger partial charge in [0.05, 0.1) is 18.4 Å². The van der Waals surface area contributed by atoms with Crippen molar-refractivity contribution in [1.29, 1.82) is 0 Å². The Bertz CT molecular complexity index is 503. The van der Waals surface area contributed by atoms with E-state index in [1.54, 1.807) is 0 Å². The summed E-state index contributed by atoms with van der Waals surface area (Å²) in [5, 5.41) is 9.94. The van der Waals surface area contributed by atoms with E-state index in [4.69, 9.17) is 5.73 Å². The molecule has 0 saturated heterocycles. The number of carbonyl (C=O) groups excluding carboxylic acids is 1. The van der Waals surface area contributed by atoms with E-state index < -0.39 is 0 Å². The van der Waals surface area contributed by atoms with Gasteiger partial charge in [-0.2, -0.15) is 5.10 Å². The standard InChI is InChI=1S/C9H11N5OS/c1-5-2-6(14-13-5)3-11-8(15)7-4-12-9(10)16-7/h2,4H,3H2,1H3,(H2,10,12)(H,11,15)(H,13,14). The van der Waals surface area contributed by atoms with E-state index in [-0.39, 0.29) is 5.91 Å². The Morgan fingerprint density at radius 1 is 1.69 bits per heavy atom. The van der Waals surface area contributed by atoms with Gasteiger partial charge in [-0.3, -0.25) is 9.89 Å². The maximum absolute atomic E-state index is 11.6. The second-order valence-electron chi connectivity index (χ2n) is 3.29. The first-order valence-electron chi connectivity index (χ1n) is 4.65. The van der Waals surface area contributed by atoms with Crippen LogP contribution in [-0.4, -0.2) is 21.1 Å². The zero-order valence-corrected chi connectivity index (χ0v) is 9.47. The van der Waals surface area contributed by atoms with E-state index in [1.165, 1.54) is 6.20 Å². The quantitative estimate of drug-likeness (QED) is 0.731. The Kier molecular flexibility index (Phi) is 2.86. The molecule has 2 aromatic rings. The minimum Gasteiger partial charge on any atom is -0.375 e. The number of rotatable bonds is 3. The number of nitrogens with zero attached hydrogens (tertiary/aromatic N) is 2. The zero-order chi connectivity index (χ0) is 11.5. The molecule has 6 nitrogen and oxygen atoms in total. The molecule has 0 spiro atoms. The number of hydrogen-bond donors (Lipinski definition) is 3. The predicted octanol–water partition coefficient (Wildman–Crippen LogP) is 0.687. The number of nitrogen functional groups attached to an aromatic ring is 1. The van der Waals surface area contributed by atoms with Gasteiger partial charge >= 0.3 is 0 Å². The summed E-state index contributed by atoms with van der Waals surface area (Å²) in [6, 6.07) is 1.88. The van der Waals surface area contributed by atoms with Gasteiger partial charge < -0.3 is 11.1 Å². The van der Waals surface area contributed by atoms with E-state index in [1.807, 2.05) is 13.0 Å². The largest absolute Gasteiger partial charge is 0.375 e. The minimum absolute atomic E-state index is 0.185. The first-order chi connectivity index (χ1) is 7.65. The number of nitrogens with one attached hydrogen (secondary N) is 2. The SMILES string of the molecule is Cc1cc(CNC(=O)c2cnc(N)s2)n[nH]1. The predicted molar refractivity (Wildman–Crippen MR) is 61.0 cm³/mol. The maximum Gasteiger partial charge on any atom is 0.263 e. The molecule has 0 radical (unpaired) electrons. The fraction of sp³-hybridized carbons (Fsp3) is 0.222. The Labute approximate surface area is 95.9 Å². The molecule has 0 aliphatic carbocycles. The molecule has 1 amide bonds. The number of aryl methyl sites for hydroxylation is 1. The number of amides is 1. The topological polar surface area (TPSA) is 96.7 Å². The maximum atomic E-state index is 11.6. The number of carbonyl (C=O) groups is 1. The van der Waals surface area contributed by atoms with Crippen molar-refractivity contribution in [2.24, 2.45) is 0 Å². The van der Waals surface area contributed by atoms with Crippen LogP contribution in [0.1, 0.15) is 21.1 Å². The van der Waals surface area contributed by atoms with Crippen molar-refractivity contribution in [1.82, 2.24) is 20.5 Å². The Morgan fingerprint density at radius 2 is 2.50 bits per heavy atom. The van der Waals surface area contributed by atoms with Gasteiger partial charge in [0.2, 0.25) is 0 Å². The summed E-state index contributed by atoms with van der Waals surface area (Å²) in [6.45, 7) is 2.29. The summed E-state index contributed by atoms with van der Waals surface area (Å²) in [7, 11) is 0. The van der Waals surface area contributed by atoms with Gasteiger partial charge in [-0.1, -0.05) is 11.3 Å². The van der Waals surface area contributed by atoms with Gasteiger partial charge in [-0.15, -0.1) is 0 Å². The van der Waals surface area contributed by atoms with Gasteiger partial charge in [0, 0.05) is 5.69 Å². The lowest BCUT2D eigenvalue weighted by molar-refractivity contribution is 0.0954. The van der Waals surface area contributed by atoms with E-state index in [9.17, 15) is 4.79 Å². The van der Waals surface area contributed by atoms with Crippen LogP contribution in [0.3, 0.4) is 0 Å². The first kappa shape index (κ1) is 10.6. The zero-order valence-electron chi connectivity index (χ0n) is 8.65. The molecule has 2 heterocycles. The molecule has 0 aliphatic heterocycles. The minimum atomic E-state index is -0.185. The average Bonchev–Trinajstić information content (AvgIpc) is 2.84.